The number of halogens is 1. The van der Waals surface area contributed by atoms with Gasteiger partial charge in [-0.3, -0.25) is 4.79 Å². The quantitative estimate of drug-likeness (QED) is 0.549. The third kappa shape index (κ3) is 6.93. The number of amides is 3. The van der Waals surface area contributed by atoms with Crippen molar-refractivity contribution < 1.29 is 18.0 Å². The van der Waals surface area contributed by atoms with Gasteiger partial charge in [-0.15, -0.1) is 0 Å². The molecule has 1 aliphatic rings. The molecule has 0 aliphatic carbocycles. The minimum absolute atomic E-state index is 0.0453. The average molecular weight is 493 g/mol. The van der Waals surface area contributed by atoms with Crippen LogP contribution in [0.4, 0.5) is 10.5 Å². The molecule has 178 valence electrons. The zero-order chi connectivity index (χ0) is 24.0. The first-order chi connectivity index (χ1) is 15.6. The number of carbonyl (C=O) groups excluding carboxylic acids is 2. The summed E-state index contributed by atoms with van der Waals surface area (Å²) < 4.78 is 27.0. The van der Waals surface area contributed by atoms with Gasteiger partial charge in [0.25, 0.3) is 0 Å². The van der Waals surface area contributed by atoms with Crippen LogP contribution in [0.15, 0.2) is 53.4 Å². The number of benzene rings is 2. The Labute approximate surface area is 199 Å². The highest BCUT2D eigenvalue weighted by Crippen LogP contribution is 2.25. The van der Waals surface area contributed by atoms with Crippen LogP contribution in [0.5, 0.6) is 0 Å². The molecule has 0 radical (unpaired) electrons. The van der Waals surface area contributed by atoms with Gasteiger partial charge >= 0.3 is 6.03 Å². The van der Waals surface area contributed by atoms with Crippen molar-refractivity contribution in [2.45, 2.75) is 44.2 Å². The number of nitrogens with one attached hydrogen (secondary N) is 3. The average Bonchev–Trinajstić information content (AvgIpc) is 2.78. The van der Waals surface area contributed by atoms with Crippen molar-refractivity contribution in [3.8, 4) is 0 Å². The van der Waals surface area contributed by atoms with Gasteiger partial charge in [0.1, 0.15) is 0 Å². The smallest absolute Gasteiger partial charge is 0.319 e. The molecule has 0 aromatic heterocycles. The molecule has 3 N–H and O–H groups in total. The second kappa shape index (κ2) is 11.0. The minimum Gasteiger partial charge on any atom is -0.352 e. The monoisotopic (exact) mass is 492 g/mol. The van der Waals surface area contributed by atoms with Crippen LogP contribution in [0.1, 0.15) is 32.3 Å². The lowest BCUT2D eigenvalue weighted by Gasteiger charge is -2.30. The molecule has 3 rings (SSSR count). The number of sulfonamides is 1. The maximum absolute atomic E-state index is 12.8. The molecule has 3 amide bonds. The molecular weight excluding hydrogens is 464 g/mol. The summed E-state index contributed by atoms with van der Waals surface area (Å²) in [5, 5.41) is 8.91. The first-order valence-corrected chi connectivity index (χ1v) is 12.7. The molecule has 10 heteroatoms. The van der Waals surface area contributed by atoms with E-state index in [1.54, 1.807) is 24.3 Å². The van der Waals surface area contributed by atoms with Crippen LogP contribution < -0.4 is 16.0 Å². The van der Waals surface area contributed by atoms with Crippen LogP contribution in [-0.4, -0.2) is 43.8 Å². The Morgan fingerprint density at radius 2 is 1.64 bits per heavy atom. The van der Waals surface area contributed by atoms with Gasteiger partial charge in [-0.2, -0.15) is 4.31 Å². The Kier molecular flexibility index (Phi) is 8.34. The number of nitrogens with zero attached hydrogens (tertiary/aromatic N) is 1. The fourth-order valence-corrected chi connectivity index (χ4v) is 5.18. The van der Waals surface area contributed by atoms with Gasteiger partial charge in [0.15, 0.2) is 0 Å². The second-order valence-corrected chi connectivity index (χ2v) is 10.7. The number of hydrogen-bond acceptors (Lipinski definition) is 4. The zero-order valence-corrected chi connectivity index (χ0v) is 20.2. The molecule has 2 aromatic rings. The van der Waals surface area contributed by atoms with E-state index in [9.17, 15) is 18.0 Å². The first-order valence-electron chi connectivity index (χ1n) is 10.8. The van der Waals surface area contributed by atoms with E-state index in [0.717, 1.165) is 5.56 Å². The Bertz CT molecular complexity index is 1060. The molecule has 2 aromatic carbocycles. The van der Waals surface area contributed by atoms with E-state index in [1.807, 2.05) is 26.0 Å². The number of hydrogen-bond donors (Lipinski definition) is 3. The molecular formula is C23H29ClN4O4S. The fraction of sp³-hybridized carbons (Fsp3) is 0.391. The normalized spacial score (nSPS) is 15.3. The Hall–Kier alpha value is -2.62. The van der Waals surface area contributed by atoms with Crippen LogP contribution in [-0.2, 0) is 21.4 Å². The summed E-state index contributed by atoms with van der Waals surface area (Å²) >= 11 is 5.85. The van der Waals surface area contributed by atoms with E-state index in [4.69, 9.17) is 11.6 Å². The van der Waals surface area contributed by atoms with E-state index in [2.05, 4.69) is 16.0 Å². The van der Waals surface area contributed by atoms with Gasteiger partial charge in [-0.1, -0.05) is 23.7 Å². The molecule has 0 bridgehead atoms. The summed E-state index contributed by atoms with van der Waals surface area (Å²) in [6.07, 6.45) is 0.930. The summed E-state index contributed by atoms with van der Waals surface area (Å²) in [7, 11) is -3.59. The molecule has 1 heterocycles. The zero-order valence-electron chi connectivity index (χ0n) is 18.7. The maximum Gasteiger partial charge on any atom is 0.319 e. The minimum atomic E-state index is -3.59. The predicted octanol–water partition coefficient (Wildman–Crippen LogP) is 3.59. The van der Waals surface area contributed by atoms with Gasteiger partial charge in [-0.05, 0) is 68.7 Å². The molecule has 1 saturated heterocycles. The van der Waals surface area contributed by atoms with Crippen molar-refractivity contribution in [1.29, 1.82) is 0 Å². The van der Waals surface area contributed by atoms with Gasteiger partial charge < -0.3 is 16.0 Å². The molecule has 0 saturated carbocycles. The second-order valence-electron chi connectivity index (χ2n) is 8.30. The lowest BCUT2D eigenvalue weighted by Crippen LogP contribution is -2.42. The largest absolute Gasteiger partial charge is 0.352 e. The number of anilines is 1. The highest BCUT2D eigenvalue weighted by atomic mass is 35.5. The van der Waals surface area contributed by atoms with Crippen molar-refractivity contribution in [2.24, 2.45) is 5.92 Å². The van der Waals surface area contributed by atoms with E-state index >= 15 is 0 Å². The van der Waals surface area contributed by atoms with Gasteiger partial charge in [-0.25, -0.2) is 13.2 Å². The fourth-order valence-electron chi connectivity index (χ4n) is 3.58. The maximum atomic E-state index is 12.8. The molecule has 33 heavy (non-hydrogen) atoms. The van der Waals surface area contributed by atoms with Crippen molar-refractivity contribution in [3.05, 3.63) is 59.1 Å². The van der Waals surface area contributed by atoms with Gasteiger partial charge in [0.2, 0.25) is 15.9 Å². The highest BCUT2D eigenvalue weighted by Gasteiger charge is 2.32. The van der Waals surface area contributed by atoms with Gasteiger partial charge in [0.05, 0.1) is 4.90 Å². The number of rotatable bonds is 7. The molecule has 0 atom stereocenters. The van der Waals surface area contributed by atoms with Crippen molar-refractivity contribution in [2.75, 3.05) is 18.4 Å². The highest BCUT2D eigenvalue weighted by molar-refractivity contribution is 7.89. The summed E-state index contributed by atoms with van der Waals surface area (Å²) in [5.74, 6) is -0.320. The Morgan fingerprint density at radius 3 is 2.21 bits per heavy atom. The number of piperidine rings is 1. The Morgan fingerprint density at radius 1 is 1.03 bits per heavy atom. The van der Waals surface area contributed by atoms with E-state index in [0.29, 0.717) is 43.2 Å². The third-order valence-corrected chi connectivity index (χ3v) is 7.54. The Balaban J connectivity index is 1.46. The van der Waals surface area contributed by atoms with Crippen LogP contribution in [0.25, 0.3) is 0 Å². The van der Waals surface area contributed by atoms with Crippen LogP contribution in [0.3, 0.4) is 0 Å². The van der Waals surface area contributed by atoms with E-state index in [-0.39, 0.29) is 28.8 Å². The topological polar surface area (TPSA) is 108 Å². The molecule has 0 unspecified atom stereocenters. The number of urea groups is 1. The van der Waals surface area contributed by atoms with Crippen LogP contribution in [0.2, 0.25) is 5.02 Å². The molecule has 1 aliphatic heterocycles. The van der Waals surface area contributed by atoms with Crippen LogP contribution in [0, 0.1) is 5.92 Å². The predicted molar refractivity (Wildman–Crippen MR) is 129 cm³/mol. The van der Waals surface area contributed by atoms with Crippen LogP contribution >= 0.6 is 11.6 Å². The SMILES string of the molecule is CC(C)NC(=O)Nc1ccc(CNC(=O)C2CCN(S(=O)(=O)c3ccc(Cl)cc3)CC2)cc1. The summed E-state index contributed by atoms with van der Waals surface area (Å²) in [6, 6.07) is 13.1. The lowest BCUT2D eigenvalue weighted by atomic mass is 9.97. The van der Waals surface area contributed by atoms with E-state index < -0.39 is 10.0 Å². The first kappa shape index (κ1) is 25.0. The summed E-state index contributed by atoms with van der Waals surface area (Å²) in [6.45, 7) is 4.71. The molecule has 1 fully saturated rings. The van der Waals surface area contributed by atoms with Crippen molar-refractivity contribution >= 4 is 39.2 Å². The van der Waals surface area contributed by atoms with Crippen molar-refractivity contribution in [3.63, 3.8) is 0 Å². The lowest BCUT2D eigenvalue weighted by molar-refractivity contribution is -0.126. The summed E-state index contributed by atoms with van der Waals surface area (Å²) in [4.78, 5) is 24.5. The third-order valence-electron chi connectivity index (χ3n) is 5.37. The molecule has 8 nitrogen and oxygen atoms in total. The van der Waals surface area contributed by atoms with Gasteiger partial charge in [0, 0.05) is 42.3 Å². The van der Waals surface area contributed by atoms with Crippen molar-refractivity contribution in [1.82, 2.24) is 14.9 Å². The molecule has 0 spiro atoms. The standard InChI is InChI=1S/C23H29ClN4O4S/c1-16(2)26-23(30)27-20-7-3-17(4-8-20)15-25-22(29)18-11-13-28(14-12-18)33(31,32)21-9-5-19(24)6-10-21/h3-10,16,18H,11-15H2,1-2H3,(H,25,29)(H2,26,27,30). The number of carbonyl (C=O) groups is 2. The van der Waals surface area contributed by atoms with E-state index in [1.165, 1.54) is 16.4 Å². The summed E-state index contributed by atoms with van der Waals surface area (Å²) in [5.41, 5.74) is 1.57.